The number of amides is 1. The highest BCUT2D eigenvalue weighted by atomic mass is 32.2. The fourth-order valence-corrected chi connectivity index (χ4v) is 6.41. The minimum absolute atomic E-state index is 0.0341. The van der Waals surface area contributed by atoms with E-state index in [1.807, 2.05) is 0 Å². The van der Waals surface area contributed by atoms with E-state index in [9.17, 15) is 18.0 Å². The first-order chi connectivity index (χ1) is 15.8. The number of nitrogens with zero attached hydrogens (tertiary/aromatic N) is 2. The molecule has 33 heavy (non-hydrogen) atoms. The molecule has 0 radical (unpaired) electrons. The minimum atomic E-state index is -3.80. The number of methoxy groups -OCH3 is 1. The molecule has 1 aliphatic rings. The molecule has 0 saturated heterocycles. The average molecular weight is 509 g/mol. The average Bonchev–Trinajstić information content (AvgIpc) is 3.15. The van der Waals surface area contributed by atoms with E-state index in [1.165, 1.54) is 40.9 Å². The van der Waals surface area contributed by atoms with Crippen LogP contribution in [0.15, 0.2) is 39.1 Å². The molecule has 2 heterocycles. The van der Waals surface area contributed by atoms with E-state index in [2.05, 4.69) is 5.32 Å². The van der Waals surface area contributed by atoms with Gasteiger partial charge in [-0.3, -0.25) is 14.2 Å². The normalized spacial score (nSPS) is 13.8. The molecular weight excluding hydrogens is 484 g/mol. The van der Waals surface area contributed by atoms with E-state index in [4.69, 9.17) is 14.9 Å². The van der Waals surface area contributed by atoms with Gasteiger partial charge in [0.2, 0.25) is 15.9 Å². The number of thioether (sulfide) groups is 1. The van der Waals surface area contributed by atoms with Crippen molar-refractivity contribution in [2.75, 3.05) is 24.8 Å². The van der Waals surface area contributed by atoms with Crippen molar-refractivity contribution in [1.82, 2.24) is 9.55 Å². The van der Waals surface area contributed by atoms with E-state index in [1.54, 1.807) is 23.0 Å². The van der Waals surface area contributed by atoms with Gasteiger partial charge >= 0.3 is 0 Å². The zero-order chi connectivity index (χ0) is 23.6. The van der Waals surface area contributed by atoms with Crippen LogP contribution in [0.25, 0.3) is 10.2 Å². The Hall–Kier alpha value is -2.25. The lowest BCUT2D eigenvalue weighted by molar-refractivity contribution is -0.113. The molecule has 1 aromatic carbocycles. The van der Waals surface area contributed by atoms with E-state index < -0.39 is 10.0 Å². The fraction of sp³-hybridized carbons (Fsp3) is 0.381. The van der Waals surface area contributed by atoms with Crippen LogP contribution in [0.5, 0.6) is 0 Å². The summed E-state index contributed by atoms with van der Waals surface area (Å²) in [4.78, 5) is 32.5. The number of aromatic nitrogens is 2. The summed E-state index contributed by atoms with van der Waals surface area (Å²) in [6, 6.07) is 5.59. The Morgan fingerprint density at radius 3 is 2.70 bits per heavy atom. The molecule has 1 aliphatic carbocycles. The van der Waals surface area contributed by atoms with Crippen molar-refractivity contribution in [1.29, 1.82) is 0 Å². The van der Waals surface area contributed by atoms with Gasteiger partial charge in [0.05, 0.1) is 29.2 Å². The molecule has 9 nitrogen and oxygen atoms in total. The van der Waals surface area contributed by atoms with E-state index >= 15 is 0 Å². The van der Waals surface area contributed by atoms with Crippen LogP contribution in [0.1, 0.15) is 23.3 Å². The third kappa shape index (κ3) is 5.30. The zero-order valence-electron chi connectivity index (χ0n) is 18.0. The van der Waals surface area contributed by atoms with Crippen LogP contribution in [0.4, 0.5) is 5.69 Å². The fourth-order valence-electron chi connectivity index (χ4n) is 3.76. The van der Waals surface area contributed by atoms with Crippen LogP contribution < -0.4 is 16.0 Å². The number of nitrogens with two attached hydrogens (primary N) is 1. The second kappa shape index (κ2) is 9.94. The number of carbonyl (C=O) groups is 1. The van der Waals surface area contributed by atoms with Gasteiger partial charge in [-0.25, -0.2) is 18.5 Å². The van der Waals surface area contributed by atoms with Crippen molar-refractivity contribution < 1.29 is 17.9 Å². The second-order valence-electron chi connectivity index (χ2n) is 7.64. The summed E-state index contributed by atoms with van der Waals surface area (Å²) in [6.07, 6.45) is 4.07. The number of carbonyl (C=O) groups excluding carboxylic acids is 1. The third-order valence-electron chi connectivity index (χ3n) is 5.36. The number of nitrogens with one attached hydrogen (secondary N) is 1. The molecule has 0 atom stereocenters. The van der Waals surface area contributed by atoms with Gasteiger partial charge in [0.15, 0.2) is 5.16 Å². The molecule has 12 heteroatoms. The summed E-state index contributed by atoms with van der Waals surface area (Å²) in [5.41, 5.74) is 1.49. The number of benzene rings is 1. The summed E-state index contributed by atoms with van der Waals surface area (Å²) in [5.74, 6) is -0.270. The molecule has 0 fully saturated rings. The molecule has 3 aromatic rings. The molecule has 0 unspecified atom stereocenters. The summed E-state index contributed by atoms with van der Waals surface area (Å²) >= 11 is 2.75. The van der Waals surface area contributed by atoms with Crippen LogP contribution in [-0.2, 0) is 38.9 Å². The molecule has 3 N–H and O–H groups in total. The maximum Gasteiger partial charge on any atom is 0.263 e. The zero-order valence-corrected chi connectivity index (χ0v) is 20.4. The number of hydrogen-bond donors (Lipinski definition) is 2. The number of rotatable bonds is 8. The van der Waals surface area contributed by atoms with Crippen molar-refractivity contribution in [3.63, 3.8) is 0 Å². The van der Waals surface area contributed by atoms with Crippen LogP contribution in [0.2, 0.25) is 0 Å². The molecule has 1 amide bonds. The first-order valence-corrected chi connectivity index (χ1v) is 13.7. The third-order valence-corrected chi connectivity index (χ3v) is 8.45. The standard InChI is InChI=1S/C21H24N4O5S3/c1-30-11-10-25-20(27)18-15-4-2-3-5-16(15)32-19(18)24-21(25)31-12-17(26)23-13-6-8-14(9-7-13)33(22,28)29/h6-9H,2-5,10-12H2,1H3,(H,23,26)(H2,22,28,29). The van der Waals surface area contributed by atoms with Gasteiger partial charge in [0.1, 0.15) is 4.83 Å². The van der Waals surface area contributed by atoms with E-state index in [0.29, 0.717) is 29.4 Å². The summed E-state index contributed by atoms with van der Waals surface area (Å²) in [6.45, 7) is 0.706. The Morgan fingerprint density at radius 1 is 1.27 bits per heavy atom. The number of thiophene rings is 1. The highest BCUT2D eigenvalue weighted by Crippen LogP contribution is 2.34. The first-order valence-electron chi connectivity index (χ1n) is 10.4. The van der Waals surface area contributed by atoms with E-state index in [-0.39, 0.29) is 22.1 Å². The summed E-state index contributed by atoms with van der Waals surface area (Å²) < 4.78 is 29.5. The number of fused-ring (bicyclic) bond motifs is 3. The molecule has 2 aromatic heterocycles. The molecule has 0 aliphatic heterocycles. The number of hydrogen-bond acceptors (Lipinski definition) is 8. The monoisotopic (exact) mass is 508 g/mol. The van der Waals surface area contributed by atoms with Crippen molar-refractivity contribution in [2.45, 2.75) is 42.3 Å². The molecule has 176 valence electrons. The highest BCUT2D eigenvalue weighted by Gasteiger charge is 2.22. The van der Waals surface area contributed by atoms with Gasteiger partial charge in [-0.05, 0) is 55.5 Å². The van der Waals surface area contributed by atoms with Crippen molar-refractivity contribution in [3.05, 3.63) is 45.1 Å². The lowest BCUT2D eigenvalue weighted by atomic mass is 9.97. The lowest BCUT2D eigenvalue weighted by Crippen LogP contribution is -2.26. The summed E-state index contributed by atoms with van der Waals surface area (Å²) in [7, 11) is -2.22. The van der Waals surface area contributed by atoms with Gasteiger partial charge in [0, 0.05) is 17.7 Å². The van der Waals surface area contributed by atoms with Gasteiger partial charge < -0.3 is 10.1 Å². The van der Waals surface area contributed by atoms with Crippen molar-refractivity contribution in [2.24, 2.45) is 5.14 Å². The quantitative estimate of drug-likeness (QED) is 0.352. The van der Waals surface area contributed by atoms with Crippen LogP contribution in [-0.4, -0.2) is 43.3 Å². The highest BCUT2D eigenvalue weighted by molar-refractivity contribution is 7.99. The molecule has 0 spiro atoms. The van der Waals surface area contributed by atoms with Gasteiger partial charge in [-0.15, -0.1) is 11.3 Å². The number of aryl methyl sites for hydroxylation is 2. The molecular formula is C21H24N4O5S3. The maximum absolute atomic E-state index is 13.3. The van der Waals surface area contributed by atoms with Crippen molar-refractivity contribution >= 4 is 54.9 Å². The van der Waals surface area contributed by atoms with Crippen molar-refractivity contribution in [3.8, 4) is 0 Å². The molecule has 4 rings (SSSR count). The minimum Gasteiger partial charge on any atom is -0.383 e. The van der Waals surface area contributed by atoms with Gasteiger partial charge in [-0.2, -0.15) is 0 Å². The topological polar surface area (TPSA) is 133 Å². The predicted octanol–water partition coefficient (Wildman–Crippen LogP) is 2.36. The predicted molar refractivity (Wildman–Crippen MR) is 130 cm³/mol. The van der Waals surface area contributed by atoms with Crippen LogP contribution in [0, 0.1) is 0 Å². The Kier molecular flexibility index (Phi) is 7.19. The van der Waals surface area contributed by atoms with E-state index in [0.717, 1.165) is 36.1 Å². The second-order valence-corrected chi connectivity index (χ2v) is 11.2. The molecule has 0 saturated carbocycles. The number of ether oxygens (including phenoxy) is 1. The van der Waals surface area contributed by atoms with Crippen LogP contribution in [0.3, 0.4) is 0 Å². The van der Waals surface area contributed by atoms with Crippen LogP contribution >= 0.6 is 23.1 Å². The Morgan fingerprint density at radius 2 is 2.00 bits per heavy atom. The summed E-state index contributed by atoms with van der Waals surface area (Å²) in [5, 5.41) is 8.98. The molecule has 0 bridgehead atoms. The number of primary sulfonamides is 1. The first kappa shape index (κ1) is 23.9. The lowest BCUT2D eigenvalue weighted by Gasteiger charge is -2.13. The van der Waals surface area contributed by atoms with Gasteiger partial charge in [-0.1, -0.05) is 11.8 Å². The Balaban J connectivity index is 1.54. The number of sulfonamides is 1. The SMILES string of the molecule is COCCn1c(SCC(=O)Nc2ccc(S(N)(=O)=O)cc2)nc2sc3c(c2c1=O)CCCC3. The Labute approximate surface area is 199 Å². The smallest absolute Gasteiger partial charge is 0.263 e. The van der Waals surface area contributed by atoms with Gasteiger partial charge in [0.25, 0.3) is 5.56 Å². The Bertz CT molecular complexity index is 1350. The largest absolute Gasteiger partial charge is 0.383 e. The maximum atomic E-state index is 13.3. The number of anilines is 1.